The number of nitrogens with zero attached hydrogens (tertiary/aromatic N) is 1. The van der Waals surface area contributed by atoms with E-state index in [1.54, 1.807) is 6.92 Å². The highest BCUT2D eigenvalue weighted by Gasteiger charge is 2.19. The van der Waals surface area contributed by atoms with E-state index in [2.05, 4.69) is 23.6 Å². The molecule has 0 aliphatic carbocycles. The first-order valence-electron chi connectivity index (χ1n) is 6.86. The van der Waals surface area contributed by atoms with Crippen molar-refractivity contribution in [1.82, 2.24) is 4.57 Å². The predicted molar refractivity (Wildman–Crippen MR) is 86.4 cm³/mol. The number of hydrogen-bond donors (Lipinski definition) is 0. The highest BCUT2D eigenvalue weighted by molar-refractivity contribution is 7.11. The van der Waals surface area contributed by atoms with E-state index in [0.717, 1.165) is 29.9 Å². The normalized spacial score (nSPS) is 12.7. The fraction of sp³-hybridized carbons (Fsp3) is 0.438. The Hall–Kier alpha value is -1.06. The van der Waals surface area contributed by atoms with Crippen molar-refractivity contribution >= 4 is 28.7 Å². The molecule has 2 heterocycles. The minimum atomic E-state index is -0.475. The molecular formula is C16H20ClNOS. The molecule has 0 N–H and O–H groups in total. The van der Waals surface area contributed by atoms with Crippen LogP contribution in [0.5, 0.6) is 0 Å². The van der Waals surface area contributed by atoms with Crippen LogP contribution in [0, 0.1) is 13.8 Å². The van der Waals surface area contributed by atoms with E-state index < -0.39 is 5.38 Å². The van der Waals surface area contributed by atoms with Crippen LogP contribution in [0.4, 0.5) is 0 Å². The molecule has 108 valence electrons. The Kier molecular flexibility index (Phi) is 4.71. The number of aromatic nitrogens is 1. The van der Waals surface area contributed by atoms with Gasteiger partial charge in [0.1, 0.15) is 0 Å². The molecule has 2 aromatic rings. The molecule has 2 rings (SSSR count). The second kappa shape index (κ2) is 6.15. The lowest BCUT2D eigenvalue weighted by atomic mass is 10.1. The van der Waals surface area contributed by atoms with Gasteiger partial charge in [-0.05, 0) is 45.4 Å². The topological polar surface area (TPSA) is 22.0 Å². The Labute approximate surface area is 129 Å². The molecule has 0 aliphatic rings. The lowest BCUT2D eigenvalue weighted by Gasteiger charge is -2.08. The van der Waals surface area contributed by atoms with Gasteiger partial charge in [0.05, 0.1) is 11.9 Å². The maximum Gasteiger partial charge on any atom is 0.182 e. The van der Waals surface area contributed by atoms with E-state index in [9.17, 15) is 4.79 Å². The second-order valence-corrected chi connectivity index (χ2v) is 6.98. The van der Waals surface area contributed by atoms with Crippen molar-refractivity contribution in [2.75, 3.05) is 0 Å². The van der Waals surface area contributed by atoms with E-state index in [4.69, 9.17) is 11.6 Å². The van der Waals surface area contributed by atoms with Crippen LogP contribution in [0.3, 0.4) is 0 Å². The number of rotatable bonds is 5. The zero-order valence-corrected chi connectivity index (χ0v) is 13.9. The quantitative estimate of drug-likeness (QED) is 0.585. The number of Topliss-reactive ketones (excluding diaryl/α,β-unsaturated/α-hetero) is 1. The zero-order valence-electron chi connectivity index (χ0n) is 12.4. The lowest BCUT2D eigenvalue weighted by Crippen LogP contribution is -2.12. The molecule has 1 unspecified atom stereocenters. The average Bonchev–Trinajstić information content (AvgIpc) is 2.97. The van der Waals surface area contributed by atoms with Gasteiger partial charge in [-0.25, -0.2) is 0 Å². The third-order valence-electron chi connectivity index (χ3n) is 3.58. The fourth-order valence-electron chi connectivity index (χ4n) is 2.36. The van der Waals surface area contributed by atoms with E-state index in [1.807, 2.05) is 31.3 Å². The maximum atomic E-state index is 12.1. The summed E-state index contributed by atoms with van der Waals surface area (Å²) in [6, 6.07) is 6.31. The summed E-state index contributed by atoms with van der Waals surface area (Å²) < 4.78 is 2.19. The molecule has 1 atom stereocenters. The molecule has 0 amide bonds. The molecule has 0 aromatic carbocycles. The third-order valence-corrected chi connectivity index (χ3v) is 4.99. The van der Waals surface area contributed by atoms with Crippen LogP contribution < -0.4 is 0 Å². The first-order chi connectivity index (χ1) is 9.43. The van der Waals surface area contributed by atoms with Gasteiger partial charge in [-0.15, -0.1) is 22.9 Å². The second-order valence-electron chi connectivity index (χ2n) is 5.07. The molecule has 0 saturated carbocycles. The Morgan fingerprint density at radius 1 is 1.35 bits per heavy atom. The molecule has 0 saturated heterocycles. The van der Waals surface area contributed by atoms with E-state index >= 15 is 0 Å². The maximum absolute atomic E-state index is 12.1. The summed E-state index contributed by atoms with van der Waals surface area (Å²) in [5.41, 5.74) is 2.86. The molecule has 0 bridgehead atoms. The van der Waals surface area contributed by atoms with Gasteiger partial charge in [-0.2, -0.15) is 0 Å². The van der Waals surface area contributed by atoms with Crippen molar-refractivity contribution in [3.8, 4) is 0 Å². The van der Waals surface area contributed by atoms with Gasteiger partial charge in [0.25, 0.3) is 0 Å². The Morgan fingerprint density at radius 2 is 2.00 bits per heavy atom. The Balaban J connectivity index is 2.31. The van der Waals surface area contributed by atoms with Crippen molar-refractivity contribution in [1.29, 1.82) is 0 Å². The van der Waals surface area contributed by atoms with Gasteiger partial charge in [0.2, 0.25) is 0 Å². The molecule has 0 aliphatic heterocycles. The number of thiophene rings is 1. The highest BCUT2D eigenvalue weighted by atomic mass is 35.5. The van der Waals surface area contributed by atoms with Gasteiger partial charge in [-0.3, -0.25) is 4.79 Å². The number of carbonyl (C=O) groups is 1. The number of hydrogen-bond acceptors (Lipinski definition) is 2. The third kappa shape index (κ3) is 2.99. The molecule has 2 nitrogen and oxygen atoms in total. The molecular weight excluding hydrogens is 290 g/mol. The van der Waals surface area contributed by atoms with Crippen LogP contribution in [0.15, 0.2) is 18.2 Å². The summed E-state index contributed by atoms with van der Waals surface area (Å²) in [5, 5.41) is -0.475. The van der Waals surface area contributed by atoms with Crippen LogP contribution in [-0.2, 0) is 13.0 Å². The summed E-state index contributed by atoms with van der Waals surface area (Å²) >= 11 is 7.76. The summed E-state index contributed by atoms with van der Waals surface area (Å²) in [6.07, 6.45) is 1.07. The van der Waals surface area contributed by atoms with Crippen molar-refractivity contribution in [2.24, 2.45) is 0 Å². The van der Waals surface area contributed by atoms with Crippen LogP contribution in [0.1, 0.15) is 45.3 Å². The van der Waals surface area contributed by atoms with Crippen molar-refractivity contribution in [3.63, 3.8) is 0 Å². The standard InChI is InChI=1S/C16H20ClNOS/c1-5-13-6-7-14(20-13)9-18-10(2)8-15(12(18)4)16(19)11(3)17/h6-8,11H,5,9H2,1-4H3. The lowest BCUT2D eigenvalue weighted by molar-refractivity contribution is 0.0991. The zero-order chi connectivity index (χ0) is 14.9. The summed E-state index contributed by atoms with van der Waals surface area (Å²) in [7, 11) is 0. The molecule has 0 fully saturated rings. The minimum absolute atomic E-state index is 0.00597. The summed E-state index contributed by atoms with van der Waals surface area (Å²) in [5.74, 6) is 0.00597. The van der Waals surface area contributed by atoms with Crippen LogP contribution >= 0.6 is 22.9 Å². The van der Waals surface area contributed by atoms with Crippen LogP contribution in [-0.4, -0.2) is 15.7 Å². The smallest absolute Gasteiger partial charge is 0.182 e. The Bertz CT molecular complexity index is 624. The molecule has 4 heteroatoms. The number of carbonyl (C=O) groups excluding carboxylic acids is 1. The van der Waals surface area contributed by atoms with Gasteiger partial charge in [0.15, 0.2) is 5.78 Å². The van der Waals surface area contributed by atoms with Gasteiger partial charge < -0.3 is 4.57 Å². The fourth-order valence-corrected chi connectivity index (χ4v) is 3.43. The van der Waals surface area contributed by atoms with E-state index in [0.29, 0.717) is 0 Å². The molecule has 2 aromatic heterocycles. The van der Waals surface area contributed by atoms with Gasteiger partial charge in [0, 0.05) is 26.7 Å². The van der Waals surface area contributed by atoms with Crippen molar-refractivity contribution in [2.45, 2.75) is 46.0 Å². The summed E-state index contributed by atoms with van der Waals surface area (Å²) in [6.45, 7) is 8.75. The number of alkyl halides is 1. The first-order valence-corrected chi connectivity index (χ1v) is 8.12. The Morgan fingerprint density at radius 3 is 2.55 bits per heavy atom. The number of ketones is 1. The number of aryl methyl sites for hydroxylation is 2. The SMILES string of the molecule is CCc1ccc(Cn2c(C)cc(C(=O)C(C)Cl)c2C)s1. The van der Waals surface area contributed by atoms with Crippen molar-refractivity contribution < 1.29 is 4.79 Å². The van der Waals surface area contributed by atoms with Gasteiger partial charge >= 0.3 is 0 Å². The predicted octanol–water partition coefficient (Wildman–Crippen LogP) is 4.59. The largest absolute Gasteiger partial charge is 0.343 e. The van der Waals surface area contributed by atoms with Gasteiger partial charge in [-0.1, -0.05) is 6.92 Å². The number of halogens is 1. The van der Waals surface area contributed by atoms with E-state index in [1.165, 1.54) is 9.75 Å². The molecule has 20 heavy (non-hydrogen) atoms. The van der Waals surface area contributed by atoms with Crippen LogP contribution in [0.2, 0.25) is 0 Å². The highest BCUT2D eigenvalue weighted by Crippen LogP contribution is 2.23. The molecule has 0 spiro atoms. The van der Waals surface area contributed by atoms with Crippen molar-refractivity contribution in [3.05, 3.63) is 44.9 Å². The van der Waals surface area contributed by atoms with E-state index in [-0.39, 0.29) is 5.78 Å². The monoisotopic (exact) mass is 309 g/mol. The average molecular weight is 310 g/mol. The minimum Gasteiger partial charge on any atom is -0.343 e. The molecule has 0 radical (unpaired) electrons. The summed E-state index contributed by atoms with van der Waals surface area (Å²) in [4.78, 5) is 14.8. The first kappa shape index (κ1) is 15.3. The van der Waals surface area contributed by atoms with Crippen LogP contribution in [0.25, 0.3) is 0 Å².